The van der Waals surface area contributed by atoms with E-state index in [-0.39, 0.29) is 23.7 Å². The largest absolute Gasteiger partial charge is 0.346 e. The average Bonchev–Trinajstić information content (AvgIpc) is 2.62. The summed E-state index contributed by atoms with van der Waals surface area (Å²) in [5.41, 5.74) is 3.35. The van der Waals surface area contributed by atoms with Crippen molar-refractivity contribution < 1.29 is 14.6 Å². The van der Waals surface area contributed by atoms with Gasteiger partial charge in [0.2, 0.25) is 0 Å². The first-order chi connectivity index (χ1) is 10.2. The van der Waals surface area contributed by atoms with Crippen molar-refractivity contribution in [2.24, 2.45) is 5.92 Å². The topological polar surface area (TPSA) is 35.5 Å². The molecular weight excluding hydrogens is 264 g/mol. The van der Waals surface area contributed by atoms with Crippen molar-refractivity contribution in [3.05, 3.63) is 71.8 Å². The van der Waals surface area contributed by atoms with E-state index in [1.165, 1.54) is 12.7 Å². The molecular formula is C18H18O3. The van der Waals surface area contributed by atoms with Gasteiger partial charge in [0.05, 0.1) is 13.0 Å². The minimum atomic E-state index is -0.327. The van der Waals surface area contributed by atoms with Crippen LogP contribution >= 0.6 is 0 Å². The molecule has 0 N–H and O–H groups in total. The molecule has 2 aliphatic carbocycles. The minimum absolute atomic E-state index is 0.0590. The molecule has 1 aromatic rings. The predicted octanol–water partition coefficient (Wildman–Crippen LogP) is 3.66. The molecule has 3 rings (SSSR count). The maximum Gasteiger partial charge on any atom is 0.346 e. The normalized spacial score (nSPS) is 29.8. The highest BCUT2D eigenvalue weighted by Gasteiger charge is 2.40. The van der Waals surface area contributed by atoms with E-state index in [9.17, 15) is 4.79 Å². The molecule has 0 radical (unpaired) electrons. The summed E-state index contributed by atoms with van der Waals surface area (Å²) >= 11 is 0. The number of allylic oxidation sites excluding steroid dienone is 5. The van der Waals surface area contributed by atoms with Crippen LogP contribution in [0.25, 0.3) is 0 Å². The smallest absolute Gasteiger partial charge is 0.298 e. The summed E-state index contributed by atoms with van der Waals surface area (Å²) in [5, 5.41) is 0. The number of carbonyl (C=O) groups excluding carboxylic acids is 1. The first kappa shape index (κ1) is 13.8. The van der Waals surface area contributed by atoms with Crippen LogP contribution in [0.1, 0.15) is 29.4 Å². The summed E-state index contributed by atoms with van der Waals surface area (Å²) in [6, 6.07) is 8.26. The summed E-state index contributed by atoms with van der Waals surface area (Å²) in [5.74, 6) is -0.449. The number of hydrogen-bond acceptors (Lipinski definition) is 3. The Morgan fingerprint density at radius 1 is 1.24 bits per heavy atom. The third kappa shape index (κ3) is 2.45. The molecule has 0 heterocycles. The molecule has 3 nitrogen and oxygen atoms in total. The van der Waals surface area contributed by atoms with Crippen LogP contribution in [0.3, 0.4) is 0 Å². The Bertz CT molecular complexity index is 627. The van der Waals surface area contributed by atoms with E-state index >= 15 is 0 Å². The van der Waals surface area contributed by atoms with Gasteiger partial charge < -0.3 is 0 Å². The molecule has 0 saturated carbocycles. The van der Waals surface area contributed by atoms with E-state index in [0.717, 1.165) is 11.1 Å². The number of rotatable bonds is 2. The second-order valence-corrected chi connectivity index (χ2v) is 5.44. The molecule has 0 fully saturated rings. The highest BCUT2D eigenvalue weighted by atomic mass is 17.2. The average molecular weight is 282 g/mol. The van der Waals surface area contributed by atoms with Gasteiger partial charge in [0.15, 0.2) is 0 Å². The van der Waals surface area contributed by atoms with Gasteiger partial charge in [-0.3, -0.25) is 4.89 Å². The Balaban J connectivity index is 2.13. The summed E-state index contributed by atoms with van der Waals surface area (Å²) < 4.78 is 0. The van der Waals surface area contributed by atoms with E-state index < -0.39 is 0 Å². The SMILES string of the molecule is C=C1/C=C\C=C/C2CC(C(=O)OOC)C1c1ccccc12. The van der Waals surface area contributed by atoms with E-state index in [4.69, 9.17) is 4.89 Å². The molecule has 0 saturated heterocycles. The number of hydrogen-bond donors (Lipinski definition) is 0. The molecule has 1 aromatic carbocycles. The van der Waals surface area contributed by atoms with Crippen molar-refractivity contribution in [1.82, 2.24) is 0 Å². The molecule has 108 valence electrons. The molecule has 2 bridgehead atoms. The fourth-order valence-electron chi connectivity index (χ4n) is 3.38. The molecule has 0 aromatic heterocycles. The molecule has 0 aliphatic heterocycles. The van der Waals surface area contributed by atoms with E-state index in [2.05, 4.69) is 29.7 Å². The van der Waals surface area contributed by atoms with Gasteiger partial charge in [-0.2, -0.15) is 4.89 Å². The lowest BCUT2D eigenvalue weighted by atomic mass is 9.68. The molecule has 21 heavy (non-hydrogen) atoms. The maximum absolute atomic E-state index is 12.3. The second-order valence-electron chi connectivity index (χ2n) is 5.44. The lowest BCUT2D eigenvalue weighted by molar-refractivity contribution is -0.259. The quantitative estimate of drug-likeness (QED) is 0.613. The molecule has 3 heteroatoms. The summed E-state index contributed by atoms with van der Waals surface area (Å²) in [6.07, 6.45) is 8.83. The van der Waals surface area contributed by atoms with Crippen molar-refractivity contribution in [2.75, 3.05) is 7.11 Å². The molecule has 3 atom stereocenters. The zero-order valence-electron chi connectivity index (χ0n) is 12.0. The van der Waals surface area contributed by atoms with Gasteiger partial charge in [0, 0.05) is 11.8 Å². The van der Waals surface area contributed by atoms with Crippen molar-refractivity contribution in [3.8, 4) is 0 Å². The molecule has 2 aliphatic rings. The zero-order chi connectivity index (χ0) is 14.8. The van der Waals surface area contributed by atoms with Crippen LogP contribution in [-0.2, 0) is 14.6 Å². The van der Waals surface area contributed by atoms with Gasteiger partial charge in [0.25, 0.3) is 0 Å². The fraction of sp³-hybridized carbons (Fsp3) is 0.278. The fourth-order valence-corrected chi connectivity index (χ4v) is 3.38. The maximum atomic E-state index is 12.3. The third-order valence-corrected chi connectivity index (χ3v) is 4.27. The monoisotopic (exact) mass is 282 g/mol. The Kier molecular flexibility index (Phi) is 3.76. The van der Waals surface area contributed by atoms with Gasteiger partial charge in [-0.05, 0) is 23.1 Å². The van der Waals surface area contributed by atoms with Crippen molar-refractivity contribution in [1.29, 1.82) is 0 Å². The minimum Gasteiger partial charge on any atom is -0.298 e. The summed E-state index contributed by atoms with van der Waals surface area (Å²) in [4.78, 5) is 21.7. The molecule has 3 unspecified atom stereocenters. The number of benzene rings is 1. The van der Waals surface area contributed by atoms with Crippen LogP contribution in [0.2, 0.25) is 0 Å². The van der Waals surface area contributed by atoms with Crippen LogP contribution in [0, 0.1) is 5.92 Å². The molecule has 0 spiro atoms. The standard InChI is InChI=1S/C18H18O3/c1-12-7-3-4-8-13-11-16(18(19)21-20-2)17(12)15-10-6-5-9-14(13)15/h3-10,13,16-17H,1,11H2,2H3/b7-3-,8-4-. The Morgan fingerprint density at radius 2 is 2.00 bits per heavy atom. The van der Waals surface area contributed by atoms with E-state index in [1.807, 2.05) is 30.4 Å². The van der Waals surface area contributed by atoms with Crippen LogP contribution in [0.4, 0.5) is 0 Å². The molecule has 0 amide bonds. The Morgan fingerprint density at radius 3 is 2.76 bits per heavy atom. The number of carbonyl (C=O) groups is 1. The van der Waals surface area contributed by atoms with Crippen LogP contribution in [0.5, 0.6) is 0 Å². The van der Waals surface area contributed by atoms with Crippen molar-refractivity contribution >= 4 is 5.97 Å². The Hall–Kier alpha value is -2.13. The van der Waals surface area contributed by atoms with Gasteiger partial charge >= 0.3 is 5.97 Å². The first-order valence-electron chi connectivity index (χ1n) is 7.09. The predicted molar refractivity (Wildman–Crippen MR) is 80.6 cm³/mol. The third-order valence-electron chi connectivity index (χ3n) is 4.27. The van der Waals surface area contributed by atoms with Crippen LogP contribution < -0.4 is 0 Å². The summed E-state index contributed by atoms with van der Waals surface area (Å²) in [6.45, 7) is 4.16. The van der Waals surface area contributed by atoms with Crippen LogP contribution in [-0.4, -0.2) is 13.1 Å². The van der Waals surface area contributed by atoms with Gasteiger partial charge in [-0.1, -0.05) is 55.1 Å². The van der Waals surface area contributed by atoms with Gasteiger partial charge in [0.1, 0.15) is 0 Å². The summed E-state index contributed by atoms with van der Waals surface area (Å²) in [7, 11) is 1.36. The second kappa shape index (κ2) is 5.70. The van der Waals surface area contributed by atoms with Gasteiger partial charge in [-0.15, -0.1) is 0 Å². The first-order valence-corrected chi connectivity index (χ1v) is 7.09. The highest BCUT2D eigenvalue weighted by molar-refractivity contribution is 5.75. The lowest BCUT2D eigenvalue weighted by Gasteiger charge is -2.35. The lowest BCUT2D eigenvalue weighted by Crippen LogP contribution is -2.31. The zero-order valence-corrected chi connectivity index (χ0v) is 12.0. The highest BCUT2D eigenvalue weighted by Crippen LogP contribution is 2.47. The van der Waals surface area contributed by atoms with E-state index in [0.29, 0.717) is 6.42 Å². The van der Waals surface area contributed by atoms with Gasteiger partial charge in [-0.25, -0.2) is 4.79 Å². The van der Waals surface area contributed by atoms with Crippen LogP contribution in [0.15, 0.2) is 60.7 Å². The van der Waals surface area contributed by atoms with E-state index in [1.54, 1.807) is 0 Å². The number of fused-ring (bicyclic) bond motifs is 6. The van der Waals surface area contributed by atoms with Crippen molar-refractivity contribution in [3.63, 3.8) is 0 Å². The Labute approximate surface area is 124 Å². The van der Waals surface area contributed by atoms with Crippen molar-refractivity contribution in [2.45, 2.75) is 18.3 Å².